The largest absolute Gasteiger partial charge is 0.323 e. The lowest BCUT2D eigenvalue weighted by Gasteiger charge is -2.09. The summed E-state index contributed by atoms with van der Waals surface area (Å²) in [5.41, 5.74) is 10.3. The number of nitrogens with zero attached hydrogens (tertiary/aromatic N) is 2. The van der Waals surface area contributed by atoms with Crippen molar-refractivity contribution in [3.05, 3.63) is 38.8 Å². The molecule has 0 fully saturated rings. The molecule has 0 saturated heterocycles. The summed E-state index contributed by atoms with van der Waals surface area (Å²) in [4.78, 5) is 2.90. The first-order valence-corrected chi connectivity index (χ1v) is 7.88. The summed E-state index contributed by atoms with van der Waals surface area (Å²) in [6.45, 7) is 2.13. The zero-order chi connectivity index (χ0) is 13.4. The van der Waals surface area contributed by atoms with Gasteiger partial charge in [-0.1, -0.05) is 6.92 Å². The van der Waals surface area contributed by atoms with Crippen molar-refractivity contribution in [2.24, 2.45) is 12.8 Å². The highest BCUT2D eigenvalue weighted by molar-refractivity contribution is 7.12. The molecule has 0 amide bonds. The molecule has 1 aliphatic carbocycles. The van der Waals surface area contributed by atoms with Crippen LogP contribution in [0.15, 0.2) is 12.1 Å². The number of aryl methyl sites for hydroxylation is 4. The number of rotatable bonds is 4. The quantitative estimate of drug-likeness (QED) is 0.932. The average Bonchev–Trinajstić information content (AvgIpc) is 3.03. The first-order valence-electron chi connectivity index (χ1n) is 7.06. The fourth-order valence-corrected chi connectivity index (χ4v) is 4.05. The number of hydrogen-bond acceptors (Lipinski definition) is 3. The molecule has 2 aromatic heterocycles. The van der Waals surface area contributed by atoms with Crippen molar-refractivity contribution in [1.29, 1.82) is 0 Å². The Morgan fingerprint density at radius 2 is 2.26 bits per heavy atom. The molecule has 2 aromatic rings. The molecule has 1 atom stereocenters. The van der Waals surface area contributed by atoms with Gasteiger partial charge < -0.3 is 5.73 Å². The van der Waals surface area contributed by atoms with E-state index in [1.165, 1.54) is 35.4 Å². The summed E-state index contributed by atoms with van der Waals surface area (Å²) in [6.07, 6.45) is 5.67. The van der Waals surface area contributed by atoms with E-state index in [9.17, 15) is 0 Å². The van der Waals surface area contributed by atoms with Crippen LogP contribution in [0.3, 0.4) is 0 Å². The summed E-state index contributed by atoms with van der Waals surface area (Å²) >= 11 is 1.91. The van der Waals surface area contributed by atoms with Gasteiger partial charge in [0.2, 0.25) is 0 Å². The molecule has 0 aromatic carbocycles. The molecule has 1 aliphatic rings. The number of hydrogen-bond donors (Lipinski definition) is 1. The van der Waals surface area contributed by atoms with Gasteiger partial charge in [0.05, 0.1) is 5.69 Å². The summed E-state index contributed by atoms with van der Waals surface area (Å²) in [5.74, 6) is 0. The Kier molecular flexibility index (Phi) is 3.46. The van der Waals surface area contributed by atoms with E-state index in [0.29, 0.717) is 0 Å². The standard InChI is InChI=1S/C15H21N3S/c1-3-11-8-12(18(2)17-11)9-13(16)15-7-10-5-4-6-14(10)19-15/h7-8,13H,3-6,9,16H2,1-2H3. The topological polar surface area (TPSA) is 43.8 Å². The Balaban J connectivity index is 1.76. The van der Waals surface area contributed by atoms with Gasteiger partial charge in [0.25, 0.3) is 0 Å². The zero-order valence-corrected chi connectivity index (χ0v) is 12.5. The van der Waals surface area contributed by atoms with Crippen LogP contribution in [0.25, 0.3) is 0 Å². The van der Waals surface area contributed by atoms with Crippen LogP contribution < -0.4 is 5.73 Å². The lowest BCUT2D eigenvalue weighted by Crippen LogP contribution is -2.14. The van der Waals surface area contributed by atoms with Gasteiger partial charge in [-0.2, -0.15) is 5.10 Å². The number of fused-ring (bicyclic) bond motifs is 1. The van der Waals surface area contributed by atoms with Crippen LogP contribution in [0.4, 0.5) is 0 Å². The van der Waals surface area contributed by atoms with E-state index in [2.05, 4.69) is 24.2 Å². The minimum absolute atomic E-state index is 0.107. The zero-order valence-electron chi connectivity index (χ0n) is 11.6. The highest BCUT2D eigenvalue weighted by Gasteiger charge is 2.19. The molecule has 2 heterocycles. The van der Waals surface area contributed by atoms with Crippen LogP contribution in [-0.4, -0.2) is 9.78 Å². The first-order chi connectivity index (χ1) is 9.17. The third kappa shape index (κ3) is 2.47. The van der Waals surface area contributed by atoms with Gasteiger partial charge in [0.1, 0.15) is 0 Å². The van der Waals surface area contributed by atoms with Crippen molar-refractivity contribution < 1.29 is 0 Å². The number of thiophene rings is 1. The Morgan fingerprint density at radius 1 is 1.42 bits per heavy atom. The molecule has 3 nitrogen and oxygen atoms in total. The third-order valence-electron chi connectivity index (χ3n) is 3.95. The molecular weight excluding hydrogens is 254 g/mol. The second-order valence-electron chi connectivity index (χ2n) is 5.37. The van der Waals surface area contributed by atoms with E-state index in [1.54, 1.807) is 4.88 Å². The van der Waals surface area contributed by atoms with Crippen molar-refractivity contribution in [2.75, 3.05) is 0 Å². The maximum absolute atomic E-state index is 6.38. The fourth-order valence-electron chi connectivity index (χ4n) is 2.80. The molecule has 3 rings (SSSR count). The lowest BCUT2D eigenvalue weighted by atomic mass is 10.1. The molecule has 0 bridgehead atoms. The normalized spacial score (nSPS) is 15.7. The maximum Gasteiger partial charge on any atom is 0.0624 e. The van der Waals surface area contributed by atoms with E-state index < -0.39 is 0 Å². The van der Waals surface area contributed by atoms with Crippen molar-refractivity contribution in [3.63, 3.8) is 0 Å². The number of nitrogens with two attached hydrogens (primary N) is 1. The molecule has 0 saturated carbocycles. The molecule has 0 aliphatic heterocycles. The van der Waals surface area contributed by atoms with E-state index in [4.69, 9.17) is 5.73 Å². The van der Waals surface area contributed by atoms with Crippen molar-refractivity contribution >= 4 is 11.3 Å². The predicted octanol–water partition coefficient (Wildman–Crippen LogP) is 2.78. The fraction of sp³-hybridized carbons (Fsp3) is 0.533. The molecule has 102 valence electrons. The monoisotopic (exact) mass is 275 g/mol. The second kappa shape index (κ2) is 5.10. The van der Waals surface area contributed by atoms with Gasteiger partial charge in [-0.25, -0.2) is 0 Å². The molecule has 2 N–H and O–H groups in total. The minimum Gasteiger partial charge on any atom is -0.323 e. The van der Waals surface area contributed by atoms with Crippen molar-refractivity contribution in [2.45, 2.75) is 45.1 Å². The molecule has 19 heavy (non-hydrogen) atoms. The van der Waals surface area contributed by atoms with E-state index >= 15 is 0 Å². The van der Waals surface area contributed by atoms with Crippen LogP contribution in [0, 0.1) is 0 Å². The van der Waals surface area contributed by atoms with E-state index in [-0.39, 0.29) is 6.04 Å². The Labute approximate surface area is 118 Å². The maximum atomic E-state index is 6.38. The van der Waals surface area contributed by atoms with Gasteiger partial charge in [-0.15, -0.1) is 11.3 Å². The Hall–Kier alpha value is -1.13. The first kappa shape index (κ1) is 12.9. The Bertz CT molecular complexity index is 561. The van der Waals surface area contributed by atoms with Crippen LogP contribution in [-0.2, 0) is 32.7 Å². The average molecular weight is 275 g/mol. The van der Waals surface area contributed by atoms with Crippen molar-refractivity contribution in [1.82, 2.24) is 9.78 Å². The van der Waals surface area contributed by atoms with Gasteiger partial charge in [0, 0.05) is 35.0 Å². The van der Waals surface area contributed by atoms with Gasteiger partial charge >= 0.3 is 0 Å². The van der Waals surface area contributed by atoms with Crippen LogP contribution in [0.1, 0.15) is 46.1 Å². The number of aromatic nitrogens is 2. The molecular formula is C15H21N3S. The van der Waals surface area contributed by atoms with Gasteiger partial charge in [-0.3, -0.25) is 4.68 Å². The SMILES string of the molecule is CCc1cc(CC(N)c2cc3c(s2)CCC3)n(C)n1. The third-order valence-corrected chi connectivity index (χ3v) is 5.32. The molecule has 0 radical (unpaired) electrons. The highest BCUT2D eigenvalue weighted by atomic mass is 32.1. The molecule has 4 heteroatoms. The smallest absolute Gasteiger partial charge is 0.0624 e. The van der Waals surface area contributed by atoms with Gasteiger partial charge in [-0.05, 0) is 43.4 Å². The van der Waals surface area contributed by atoms with E-state index in [1.807, 2.05) is 23.1 Å². The predicted molar refractivity (Wildman–Crippen MR) is 79.6 cm³/mol. The van der Waals surface area contributed by atoms with Crippen molar-refractivity contribution in [3.8, 4) is 0 Å². The van der Waals surface area contributed by atoms with Crippen LogP contribution >= 0.6 is 11.3 Å². The molecule has 0 spiro atoms. The highest BCUT2D eigenvalue weighted by Crippen LogP contribution is 2.34. The van der Waals surface area contributed by atoms with Crippen LogP contribution in [0.2, 0.25) is 0 Å². The summed E-state index contributed by atoms with van der Waals surface area (Å²) in [7, 11) is 2.01. The summed E-state index contributed by atoms with van der Waals surface area (Å²) < 4.78 is 1.97. The molecule has 1 unspecified atom stereocenters. The summed E-state index contributed by atoms with van der Waals surface area (Å²) in [6, 6.07) is 4.62. The summed E-state index contributed by atoms with van der Waals surface area (Å²) in [5, 5.41) is 4.49. The van der Waals surface area contributed by atoms with E-state index in [0.717, 1.165) is 18.5 Å². The van der Waals surface area contributed by atoms with Crippen LogP contribution in [0.5, 0.6) is 0 Å². The lowest BCUT2D eigenvalue weighted by molar-refractivity contribution is 0.643. The van der Waals surface area contributed by atoms with Gasteiger partial charge in [0.15, 0.2) is 0 Å². The Morgan fingerprint density at radius 3 is 2.95 bits per heavy atom. The second-order valence-corrected chi connectivity index (χ2v) is 6.53. The minimum atomic E-state index is 0.107.